The first kappa shape index (κ1) is 10.9. The summed E-state index contributed by atoms with van der Waals surface area (Å²) in [5.74, 6) is 0. The van der Waals surface area contributed by atoms with Gasteiger partial charge in [0.2, 0.25) is 0 Å². The molecule has 0 fully saturated rings. The van der Waals surface area contributed by atoms with Gasteiger partial charge in [0.25, 0.3) is 0 Å². The Balaban J connectivity index is 2.22. The fourth-order valence-electron chi connectivity index (χ4n) is 2.08. The molecule has 0 unspecified atom stereocenters. The van der Waals surface area contributed by atoms with Gasteiger partial charge in [0.1, 0.15) is 0 Å². The van der Waals surface area contributed by atoms with E-state index in [9.17, 15) is 0 Å². The van der Waals surface area contributed by atoms with Crippen LogP contribution in [0.25, 0.3) is 0 Å². The van der Waals surface area contributed by atoms with Crippen LogP contribution in [0.3, 0.4) is 0 Å². The molecule has 86 valence electrons. The third kappa shape index (κ3) is 1.88. The van der Waals surface area contributed by atoms with E-state index < -0.39 is 0 Å². The number of hydrogen-bond donors (Lipinski definition) is 0. The van der Waals surface area contributed by atoms with Gasteiger partial charge < -0.3 is 4.57 Å². The van der Waals surface area contributed by atoms with Crippen LogP contribution in [0.15, 0.2) is 35.5 Å². The maximum atomic E-state index is 6.23. The van der Waals surface area contributed by atoms with Crippen molar-refractivity contribution in [1.29, 1.82) is 0 Å². The molecule has 0 saturated carbocycles. The summed E-state index contributed by atoms with van der Waals surface area (Å²) in [5.41, 5.74) is 4.12. The fourth-order valence-corrected chi connectivity index (χ4v) is 2.50. The lowest BCUT2D eigenvalue weighted by molar-refractivity contribution is 0.803. The van der Waals surface area contributed by atoms with Crippen molar-refractivity contribution in [3.63, 3.8) is 0 Å². The molecule has 2 aromatic rings. The van der Waals surface area contributed by atoms with Crippen molar-refractivity contribution in [2.75, 3.05) is 0 Å². The van der Waals surface area contributed by atoms with E-state index in [4.69, 9.17) is 23.2 Å². The van der Waals surface area contributed by atoms with Crippen LogP contribution in [0.5, 0.6) is 0 Å². The monoisotopic (exact) mass is 264 g/mol. The summed E-state index contributed by atoms with van der Waals surface area (Å²) in [4.78, 5) is 4.43. The van der Waals surface area contributed by atoms with Gasteiger partial charge in [-0.3, -0.25) is 0 Å². The molecule has 0 aliphatic carbocycles. The first-order valence-corrected chi connectivity index (χ1v) is 6.09. The van der Waals surface area contributed by atoms with Crippen LogP contribution < -0.4 is 0 Å². The Bertz CT molecular complexity index is 626. The SMILES string of the molecule is Cc1cc2n(c1)Cc1ccc(Cl)cc1N=C2Cl. The van der Waals surface area contributed by atoms with E-state index in [2.05, 4.69) is 22.7 Å². The van der Waals surface area contributed by atoms with Crippen molar-refractivity contribution < 1.29 is 0 Å². The van der Waals surface area contributed by atoms with Gasteiger partial charge in [-0.2, -0.15) is 0 Å². The Morgan fingerprint density at radius 3 is 2.88 bits per heavy atom. The average Bonchev–Trinajstić information content (AvgIpc) is 2.58. The molecular formula is C13H10Cl2N2. The summed E-state index contributed by atoms with van der Waals surface area (Å²) >= 11 is 12.2. The molecule has 0 atom stereocenters. The first-order valence-electron chi connectivity index (χ1n) is 5.33. The Kier molecular flexibility index (Phi) is 2.49. The van der Waals surface area contributed by atoms with E-state index in [1.54, 1.807) is 0 Å². The predicted octanol–water partition coefficient (Wildman–Crippen LogP) is 4.13. The molecule has 2 heterocycles. The van der Waals surface area contributed by atoms with Crippen LogP contribution in [-0.4, -0.2) is 9.74 Å². The number of aliphatic imine (C=N–C) groups is 1. The van der Waals surface area contributed by atoms with Gasteiger partial charge in [-0.05, 0) is 36.2 Å². The van der Waals surface area contributed by atoms with Gasteiger partial charge in [0.15, 0.2) is 5.17 Å². The number of hydrogen-bond acceptors (Lipinski definition) is 1. The number of rotatable bonds is 0. The highest BCUT2D eigenvalue weighted by molar-refractivity contribution is 6.69. The van der Waals surface area contributed by atoms with Gasteiger partial charge in [-0.1, -0.05) is 29.3 Å². The summed E-state index contributed by atoms with van der Waals surface area (Å²) in [6.07, 6.45) is 2.08. The molecule has 1 aromatic heterocycles. The minimum Gasteiger partial charge on any atom is -0.341 e. The molecule has 0 N–H and O–H groups in total. The second-order valence-corrected chi connectivity index (χ2v) is 5.00. The van der Waals surface area contributed by atoms with Gasteiger partial charge in [0.05, 0.1) is 11.4 Å². The molecule has 17 heavy (non-hydrogen) atoms. The van der Waals surface area contributed by atoms with Crippen molar-refractivity contribution in [3.8, 4) is 0 Å². The lowest BCUT2D eigenvalue weighted by Crippen LogP contribution is -2.02. The maximum Gasteiger partial charge on any atom is 0.153 e. The van der Waals surface area contributed by atoms with Crippen molar-refractivity contribution in [2.24, 2.45) is 4.99 Å². The number of benzene rings is 1. The molecule has 1 aromatic carbocycles. The van der Waals surface area contributed by atoms with Gasteiger partial charge in [-0.25, -0.2) is 4.99 Å². The zero-order valence-electron chi connectivity index (χ0n) is 9.24. The summed E-state index contributed by atoms with van der Waals surface area (Å²) in [7, 11) is 0. The van der Waals surface area contributed by atoms with Crippen molar-refractivity contribution in [3.05, 3.63) is 52.3 Å². The van der Waals surface area contributed by atoms with E-state index in [1.165, 1.54) is 5.56 Å². The smallest absolute Gasteiger partial charge is 0.153 e. The average molecular weight is 265 g/mol. The normalized spacial score (nSPS) is 13.7. The summed E-state index contributed by atoms with van der Waals surface area (Å²) in [6.45, 7) is 2.82. The first-order chi connectivity index (χ1) is 8.13. The van der Waals surface area contributed by atoms with Crippen LogP contribution in [0.1, 0.15) is 16.8 Å². The van der Waals surface area contributed by atoms with Crippen molar-refractivity contribution in [2.45, 2.75) is 13.5 Å². The number of halogens is 2. The molecule has 3 rings (SSSR count). The highest BCUT2D eigenvalue weighted by atomic mass is 35.5. The van der Waals surface area contributed by atoms with E-state index in [1.807, 2.05) is 24.3 Å². The number of aryl methyl sites for hydroxylation is 1. The third-order valence-corrected chi connectivity index (χ3v) is 3.36. The van der Waals surface area contributed by atoms with Gasteiger partial charge in [-0.15, -0.1) is 0 Å². The van der Waals surface area contributed by atoms with Crippen LogP contribution in [0, 0.1) is 6.92 Å². The van der Waals surface area contributed by atoms with Crippen LogP contribution >= 0.6 is 23.2 Å². The van der Waals surface area contributed by atoms with Crippen molar-refractivity contribution in [1.82, 2.24) is 4.57 Å². The quantitative estimate of drug-likeness (QED) is 0.681. The molecule has 4 heteroatoms. The topological polar surface area (TPSA) is 17.3 Å². The summed E-state index contributed by atoms with van der Waals surface area (Å²) < 4.78 is 2.11. The van der Waals surface area contributed by atoms with E-state index in [0.29, 0.717) is 10.2 Å². The van der Waals surface area contributed by atoms with E-state index in [-0.39, 0.29) is 0 Å². The largest absolute Gasteiger partial charge is 0.341 e. The number of fused-ring (bicyclic) bond motifs is 2. The molecule has 0 spiro atoms. The Morgan fingerprint density at radius 1 is 1.24 bits per heavy atom. The highest BCUT2D eigenvalue weighted by Gasteiger charge is 2.15. The Hall–Kier alpha value is -1.25. The lowest BCUT2D eigenvalue weighted by atomic mass is 10.2. The Morgan fingerprint density at radius 2 is 2.06 bits per heavy atom. The van der Waals surface area contributed by atoms with Crippen molar-refractivity contribution >= 4 is 34.1 Å². The summed E-state index contributed by atoms with van der Waals surface area (Å²) in [6, 6.07) is 7.76. The van der Waals surface area contributed by atoms with Crippen LogP contribution in [0.2, 0.25) is 5.02 Å². The molecule has 1 aliphatic heterocycles. The van der Waals surface area contributed by atoms with Crippen LogP contribution in [0.4, 0.5) is 5.69 Å². The third-order valence-electron chi connectivity index (χ3n) is 2.85. The van der Waals surface area contributed by atoms with E-state index in [0.717, 1.165) is 23.5 Å². The predicted molar refractivity (Wildman–Crippen MR) is 71.8 cm³/mol. The number of nitrogens with zero attached hydrogens (tertiary/aromatic N) is 2. The molecule has 0 bridgehead atoms. The maximum absolute atomic E-state index is 6.23. The molecule has 2 nitrogen and oxygen atoms in total. The zero-order chi connectivity index (χ0) is 12.0. The summed E-state index contributed by atoms with van der Waals surface area (Å²) in [5, 5.41) is 1.19. The van der Waals surface area contributed by atoms with Crippen LogP contribution in [-0.2, 0) is 6.54 Å². The minimum absolute atomic E-state index is 0.513. The van der Waals surface area contributed by atoms with Gasteiger partial charge >= 0.3 is 0 Å². The molecule has 0 saturated heterocycles. The second-order valence-electron chi connectivity index (χ2n) is 4.21. The number of aromatic nitrogens is 1. The fraction of sp³-hybridized carbons (Fsp3) is 0.154. The lowest BCUT2D eigenvalue weighted by Gasteiger charge is -2.05. The highest BCUT2D eigenvalue weighted by Crippen LogP contribution is 2.29. The standard InChI is InChI=1S/C13H10Cl2N2/c1-8-4-12-13(15)16-11-5-10(14)3-2-9(11)7-17(12)6-8/h2-6H,7H2,1H3. The minimum atomic E-state index is 0.513. The molecular weight excluding hydrogens is 255 g/mol. The molecule has 0 amide bonds. The Labute approximate surface area is 109 Å². The van der Waals surface area contributed by atoms with E-state index >= 15 is 0 Å². The zero-order valence-corrected chi connectivity index (χ0v) is 10.8. The van der Waals surface area contributed by atoms with Gasteiger partial charge in [0, 0.05) is 17.8 Å². The molecule has 1 aliphatic rings. The molecule has 0 radical (unpaired) electrons. The second kappa shape index (κ2) is 3.90.